The van der Waals surface area contributed by atoms with Crippen LogP contribution < -0.4 is 15.5 Å². The first kappa shape index (κ1) is 64.2. The van der Waals surface area contributed by atoms with Gasteiger partial charge < -0.3 is 25.0 Å². The Morgan fingerprint density at radius 2 is 1.04 bits per heavy atom. The van der Waals surface area contributed by atoms with E-state index in [-0.39, 0.29) is 27.4 Å². The third-order valence-corrected chi connectivity index (χ3v) is 14.0. The number of hydrogen-bond acceptors (Lipinski definition) is 26. The number of para-hydroxylation sites is 1. The van der Waals surface area contributed by atoms with Crippen LogP contribution >= 0.6 is 34.6 Å². The number of hydrogen-bond donors (Lipinski definition) is 2. The van der Waals surface area contributed by atoms with Crippen LogP contribution in [0.5, 0.6) is 0 Å². The van der Waals surface area contributed by atoms with Gasteiger partial charge in [0, 0.05) is 103 Å². The Balaban J connectivity index is 0.000000212. The van der Waals surface area contributed by atoms with Crippen molar-refractivity contribution in [3.8, 4) is 12.1 Å². The summed E-state index contributed by atoms with van der Waals surface area (Å²) in [6, 6.07) is 35.3. The number of nitrogens with two attached hydrogens (primary N) is 1. The highest BCUT2D eigenvalue weighted by atomic mass is 32.2. The van der Waals surface area contributed by atoms with Gasteiger partial charge in [0.15, 0.2) is 10.0 Å². The van der Waals surface area contributed by atoms with E-state index in [9.17, 15) is 38.8 Å². The van der Waals surface area contributed by atoms with Gasteiger partial charge in [-0.15, -0.1) is 15.3 Å². The van der Waals surface area contributed by atoms with E-state index in [4.69, 9.17) is 31.0 Å². The summed E-state index contributed by atoms with van der Waals surface area (Å²) in [4.78, 5) is 35.2. The monoisotopic (exact) mass is 1200 g/mol. The highest BCUT2D eigenvalue weighted by Gasteiger charge is 2.16. The minimum Gasteiger partial charge on any atom is -0.389 e. The fraction of sp³-hybridized carbons (Fsp3) is 0.314. The molecule has 0 spiro atoms. The lowest BCUT2D eigenvalue weighted by Gasteiger charge is -2.23. The van der Waals surface area contributed by atoms with Gasteiger partial charge in [0.1, 0.15) is 5.00 Å². The fourth-order valence-corrected chi connectivity index (χ4v) is 9.48. The molecule has 0 bridgehead atoms. The van der Waals surface area contributed by atoms with Crippen LogP contribution in [0.2, 0.25) is 0 Å². The fourth-order valence-electron chi connectivity index (χ4n) is 7.23. The number of azo groups is 1. The molecule has 5 aromatic carbocycles. The molecule has 0 aliphatic heterocycles. The number of unbranched alkanes of at least 4 members (excludes halogenated alkanes) is 2. The largest absolute Gasteiger partial charge is 0.425 e. The summed E-state index contributed by atoms with van der Waals surface area (Å²) in [6.07, 6.45) is 5.06. The van der Waals surface area contributed by atoms with Gasteiger partial charge in [-0.25, -0.2) is 5.26 Å². The number of ether oxygens (including phenoxy) is 2. The number of benzene rings is 5. The number of anilines is 3. The number of aromatic nitrogens is 3. The first-order chi connectivity index (χ1) is 39.6. The molecular formula is C51H55N15O12S4. The molecule has 82 heavy (non-hydrogen) atoms. The van der Waals surface area contributed by atoms with Crippen LogP contribution in [0.25, 0.3) is 32.7 Å². The molecule has 3 heterocycles. The van der Waals surface area contributed by atoms with E-state index >= 15 is 0 Å². The van der Waals surface area contributed by atoms with Crippen molar-refractivity contribution in [2.24, 2.45) is 19.9 Å². The minimum atomic E-state index is -4.53. The van der Waals surface area contributed by atoms with Gasteiger partial charge in [-0.1, -0.05) is 22.5 Å². The van der Waals surface area contributed by atoms with Crippen LogP contribution in [0, 0.1) is 53.0 Å². The smallest absolute Gasteiger partial charge is 0.389 e. The van der Waals surface area contributed by atoms with Crippen LogP contribution in [0.3, 0.4) is 0 Å². The maximum absolute atomic E-state index is 11.0. The van der Waals surface area contributed by atoms with Crippen molar-refractivity contribution >= 4 is 127 Å². The van der Waals surface area contributed by atoms with Crippen molar-refractivity contribution in [1.29, 1.82) is 10.5 Å². The predicted molar refractivity (Wildman–Crippen MR) is 314 cm³/mol. The van der Waals surface area contributed by atoms with Crippen molar-refractivity contribution in [2.45, 2.75) is 52.4 Å². The number of nitrogens with zero attached hydrogens (tertiary/aromatic N) is 14. The van der Waals surface area contributed by atoms with Gasteiger partial charge in [0.05, 0.1) is 75.2 Å². The summed E-state index contributed by atoms with van der Waals surface area (Å²) < 4.78 is 50.3. The van der Waals surface area contributed by atoms with E-state index in [1.165, 1.54) is 48.2 Å². The Labute approximate surface area is 482 Å². The number of fused-ring (bicyclic) bond motifs is 3. The Morgan fingerprint density at radius 3 is 1.49 bits per heavy atom. The third-order valence-electron chi connectivity index (χ3n) is 11.3. The van der Waals surface area contributed by atoms with Crippen LogP contribution in [-0.2, 0) is 24.1 Å². The van der Waals surface area contributed by atoms with E-state index < -0.39 is 25.1 Å². The number of nitro benzene ring substituents is 3. The molecule has 27 nitrogen and oxygen atoms in total. The first-order valence-electron chi connectivity index (χ1n) is 25.0. The molecule has 8 aromatic rings. The second-order valence-corrected chi connectivity index (χ2v) is 20.2. The Bertz CT molecular complexity index is 3610. The zero-order valence-corrected chi connectivity index (χ0v) is 47.5. The highest BCUT2D eigenvalue weighted by molar-refractivity contribution is 7.85. The van der Waals surface area contributed by atoms with Gasteiger partial charge in [0.25, 0.3) is 17.1 Å². The Kier molecular flexibility index (Phi) is 26.5. The lowest BCUT2D eigenvalue weighted by Crippen LogP contribution is -2.24. The quantitative estimate of drug-likeness (QED) is 0.0167. The van der Waals surface area contributed by atoms with Crippen molar-refractivity contribution in [3.63, 3.8) is 0 Å². The van der Waals surface area contributed by atoms with Crippen molar-refractivity contribution < 1.29 is 42.3 Å². The van der Waals surface area contributed by atoms with E-state index in [1.54, 1.807) is 12.1 Å². The standard InChI is InChI=1S/C22H24N6O3S.C15H22N2O.C7H4N4O6S2.C7H5N3O2S/c1-2-27(13-3-4-14-31-15-5-12-23)18-8-6-17(7-9-18)24-25-22-20-16-19(28(29)30)10-11-21(20)26-32-22;1-2-17(15-9-4-3-5-10-15)12-6-7-13-18-14-8-11-16;12-11(13)4-1-2-6-5(3-4)7(18-9-6)8-10-19(15,16)17-14;8-7-5-3-4(10(11)12)1-2-6(5)9-13-7/h6-11,16H,2-5,13-15H2,1H3;3-5,9-10H,2,6-8,12-14H2,1H3;1-3,14H;1-3H,8H2. The third kappa shape index (κ3) is 20.5. The lowest BCUT2D eigenvalue weighted by molar-refractivity contribution is -0.384. The van der Waals surface area contributed by atoms with E-state index in [1.807, 2.05) is 30.3 Å². The van der Waals surface area contributed by atoms with Crippen molar-refractivity contribution in [1.82, 2.24) is 13.1 Å². The van der Waals surface area contributed by atoms with E-state index in [0.29, 0.717) is 75.7 Å². The van der Waals surface area contributed by atoms with Gasteiger partial charge >= 0.3 is 10.3 Å². The number of nitro groups is 3. The molecule has 8 rings (SSSR count). The molecule has 3 aromatic heterocycles. The summed E-state index contributed by atoms with van der Waals surface area (Å²) in [5, 5.41) is 71.4. The van der Waals surface area contributed by atoms with Gasteiger partial charge in [-0.2, -0.15) is 32.1 Å². The molecule has 3 N–H and O–H groups in total. The van der Waals surface area contributed by atoms with Gasteiger partial charge in [0.2, 0.25) is 0 Å². The van der Waals surface area contributed by atoms with Crippen LogP contribution in [-0.4, -0.2) is 94.2 Å². The van der Waals surface area contributed by atoms with Crippen LogP contribution in [0.15, 0.2) is 129 Å². The van der Waals surface area contributed by atoms with Crippen LogP contribution in [0.1, 0.15) is 52.4 Å². The maximum atomic E-state index is 11.0. The lowest BCUT2D eigenvalue weighted by atomic mass is 10.2. The molecule has 430 valence electrons. The number of nitrogen functional groups attached to an aromatic ring is 1. The summed E-state index contributed by atoms with van der Waals surface area (Å²) in [6.45, 7) is 10.7. The summed E-state index contributed by atoms with van der Waals surface area (Å²) in [5.41, 5.74) is 10.3. The normalized spacial score (nSPS) is 11.0. The first-order valence-corrected chi connectivity index (χ1v) is 28.6. The maximum Gasteiger partial charge on any atom is 0.425 e. The van der Waals surface area contributed by atoms with Crippen molar-refractivity contribution in [2.75, 3.05) is 68.1 Å². The average Bonchev–Trinajstić information content (AvgIpc) is 4.43. The van der Waals surface area contributed by atoms with E-state index in [0.717, 1.165) is 98.8 Å². The molecule has 31 heteroatoms. The second kappa shape index (κ2) is 33.8. The van der Waals surface area contributed by atoms with Gasteiger partial charge in [-0.05, 0) is 133 Å². The zero-order valence-electron chi connectivity index (χ0n) is 44.2. The Morgan fingerprint density at radius 1 is 0.598 bits per heavy atom. The molecule has 0 fully saturated rings. The number of rotatable bonds is 26. The minimum absolute atomic E-state index is 0.00638. The number of nitriles is 2. The topological polar surface area (TPSA) is 380 Å². The van der Waals surface area contributed by atoms with Gasteiger partial charge in [-0.3, -0.25) is 30.3 Å². The summed E-state index contributed by atoms with van der Waals surface area (Å²) >= 11 is 3.11. The summed E-state index contributed by atoms with van der Waals surface area (Å²) in [7, 11) is -4.53. The second-order valence-electron chi connectivity index (χ2n) is 16.7. The predicted octanol–water partition coefficient (Wildman–Crippen LogP) is 13.2. The molecule has 0 radical (unpaired) electrons. The average molecular weight is 1200 g/mol. The molecule has 0 aliphatic rings. The molecule has 0 aliphatic carbocycles. The van der Waals surface area contributed by atoms with Crippen LogP contribution in [0.4, 0.5) is 49.1 Å². The molecule has 0 atom stereocenters. The van der Waals surface area contributed by atoms with Crippen molar-refractivity contribution in [3.05, 3.63) is 140 Å². The molecule has 0 saturated carbocycles. The molecule has 0 saturated heterocycles. The molecule has 0 amide bonds. The highest BCUT2D eigenvalue weighted by Crippen LogP contribution is 2.36. The SMILES string of the molecule is CCN(CCCCOCCC#N)c1ccc(N=Nc2snc3ccc([N+](=O)[O-])cc23)cc1.CCN(CCCCOCCC#N)c1ccccc1.Nc1snc2ccc([N+](=O)[O-])cc12.O=[N+]([O-])c1ccc2nsc(N=NS(=O)(=O)OO)c2c1. The summed E-state index contributed by atoms with van der Waals surface area (Å²) in [5.74, 6) is 0. The van der Waals surface area contributed by atoms with E-state index in [2.05, 4.69) is 97.4 Å². The molecule has 0 unspecified atom stereocenters. The number of non-ortho nitro benzene ring substituents is 3. The zero-order chi connectivity index (χ0) is 59.3. The molecular weight excluding hydrogens is 1140 g/mol. The Hall–Kier alpha value is -8.66.